The number of nitrogens with one attached hydrogen (secondary N) is 1. The van der Waals surface area contributed by atoms with Gasteiger partial charge in [-0.25, -0.2) is 9.69 Å². The highest BCUT2D eigenvalue weighted by Gasteiger charge is 2.36. The molecule has 0 saturated carbocycles. The number of carbonyl (C=O) groups is 3. The second kappa shape index (κ2) is 9.68. The average Bonchev–Trinajstić information content (AvgIpc) is 2.82. The number of methoxy groups -OCH3 is 1. The molecule has 3 aromatic carbocycles. The van der Waals surface area contributed by atoms with E-state index in [1.165, 1.54) is 37.5 Å². The van der Waals surface area contributed by atoms with Gasteiger partial charge in [0.05, 0.1) is 12.8 Å². The first kappa shape index (κ1) is 22.9. The van der Waals surface area contributed by atoms with Gasteiger partial charge in [-0.2, -0.15) is 0 Å². The molecule has 0 aliphatic carbocycles. The minimum atomic E-state index is -0.876. The second-order valence-corrected chi connectivity index (χ2v) is 7.67. The summed E-state index contributed by atoms with van der Waals surface area (Å²) in [6, 6.07) is 16.8. The van der Waals surface area contributed by atoms with Crippen LogP contribution in [0.5, 0.6) is 17.2 Å². The van der Waals surface area contributed by atoms with Gasteiger partial charge in [-0.15, -0.1) is 0 Å². The molecule has 1 fully saturated rings. The van der Waals surface area contributed by atoms with E-state index >= 15 is 0 Å². The lowest BCUT2D eigenvalue weighted by Gasteiger charge is -2.26. The summed E-state index contributed by atoms with van der Waals surface area (Å²) < 4.78 is 11.2. The van der Waals surface area contributed by atoms with Crippen LogP contribution >= 0.6 is 11.6 Å². The smallest absolute Gasteiger partial charge is 0.335 e. The number of rotatable bonds is 6. The molecule has 0 aromatic heterocycles. The summed E-state index contributed by atoms with van der Waals surface area (Å²) >= 11 is 6.17. The van der Waals surface area contributed by atoms with Crippen molar-refractivity contribution in [2.45, 2.75) is 6.61 Å². The number of nitrogens with zero attached hydrogens (tertiary/aromatic N) is 1. The van der Waals surface area contributed by atoms with Crippen molar-refractivity contribution in [3.8, 4) is 17.2 Å². The normalized spacial score (nSPS) is 14.8. The topological polar surface area (TPSA) is 105 Å². The van der Waals surface area contributed by atoms with Gasteiger partial charge in [0.2, 0.25) is 0 Å². The fraction of sp³-hybridized carbons (Fsp3) is 0.0800. The number of amides is 4. The van der Waals surface area contributed by atoms with E-state index in [2.05, 4.69) is 5.32 Å². The molecule has 3 aromatic rings. The number of aromatic hydroxyl groups is 1. The maximum Gasteiger partial charge on any atom is 0.335 e. The summed E-state index contributed by atoms with van der Waals surface area (Å²) in [5.74, 6) is -0.800. The van der Waals surface area contributed by atoms with E-state index in [0.29, 0.717) is 22.1 Å². The van der Waals surface area contributed by atoms with Gasteiger partial charge in [0.25, 0.3) is 11.8 Å². The molecule has 0 radical (unpaired) electrons. The molecule has 0 bridgehead atoms. The lowest BCUT2D eigenvalue weighted by Crippen LogP contribution is -2.54. The Bertz CT molecular complexity index is 1300. The molecule has 4 rings (SSSR count). The van der Waals surface area contributed by atoms with Crippen molar-refractivity contribution < 1.29 is 29.0 Å². The van der Waals surface area contributed by atoms with E-state index in [-0.39, 0.29) is 23.6 Å². The number of anilines is 1. The number of phenolic OH excluding ortho intramolecular Hbond substituents is 1. The van der Waals surface area contributed by atoms with Gasteiger partial charge < -0.3 is 14.6 Å². The van der Waals surface area contributed by atoms with Crippen LogP contribution in [0.1, 0.15) is 11.1 Å². The van der Waals surface area contributed by atoms with E-state index in [9.17, 15) is 19.5 Å². The summed E-state index contributed by atoms with van der Waals surface area (Å²) in [6.45, 7) is 0.223. The van der Waals surface area contributed by atoms with Gasteiger partial charge in [-0.1, -0.05) is 35.9 Å². The van der Waals surface area contributed by atoms with E-state index in [0.717, 1.165) is 10.5 Å². The molecule has 4 amide bonds. The van der Waals surface area contributed by atoms with Gasteiger partial charge in [0, 0.05) is 10.6 Å². The molecule has 1 aliphatic rings. The highest BCUT2D eigenvalue weighted by molar-refractivity contribution is 6.39. The number of benzene rings is 3. The quantitative estimate of drug-likeness (QED) is 0.404. The molecule has 0 unspecified atom stereocenters. The predicted octanol–water partition coefficient (Wildman–Crippen LogP) is 4.30. The SMILES string of the molecule is COc1cc(C=C2C(=O)NC(=O)N(c3ccc(O)cc3)C2=O)ccc1OCc1ccccc1Cl. The van der Waals surface area contributed by atoms with Crippen LogP contribution in [-0.4, -0.2) is 30.1 Å². The molecule has 1 saturated heterocycles. The van der Waals surface area contributed by atoms with Crippen molar-refractivity contribution in [1.82, 2.24) is 5.32 Å². The van der Waals surface area contributed by atoms with Crippen LogP contribution in [0.25, 0.3) is 6.08 Å². The summed E-state index contributed by atoms with van der Waals surface area (Å²) in [5.41, 5.74) is 1.26. The fourth-order valence-corrected chi connectivity index (χ4v) is 3.51. The van der Waals surface area contributed by atoms with Gasteiger partial charge in [-0.05, 0) is 54.1 Å². The number of carbonyl (C=O) groups excluding carboxylic acids is 3. The zero-order valence-electron chi connectivity index (χ0n) is 17.9. The molecule has 1 aliphatic heterocycles. The van der Waals surface area contributed by atoms with Crippen molar-refractivity contribution in [2.24, 2.45) is 0 Å². The maximum absolute atomic E-state index is 13.0. The maximum atomic E-state index is 13.0. The first-order valence-corrected chi connectivity index (χ1v) is 10.5. The van der Waals surface area contributed by atoms with Crippen LogP contribution in [0, 0.1) is 0 Å². The molecule has 9 heteroatoms. The fourth-order valence-electron chi connectivity index (χ4n) is 3.32. The molecule has 0 atom stereocenters. The van der Waals surface area contributed by atoms with E-state index in [4.69, 9.17) is 21.1 Å². The zero-order chi connectivity index (χ0) is 24.2. The third kappa shape index (κ3) is 4.72. The Hall–Kier alpha value is -4.30. The Balaban J connectivity index is 1.60. The molecular formula is C25H19ClN2O6. The molecule has 1 heterocycles. The van der Waals surface area contributed by atoms with Gasteiger partial charge in [-0.3, -0.25) is 14.9 Å². The summed E-state index contributed by atoms with van der Waals surface area (Å²) in [4.78, 5) is 38.5. The van der Waals surface area contributed by atoms with Crippen LogP contribution in [0.3, 0.4) is 0 Å². The summed E-state index contributed by atoms with van der Waals surface area (Å²) in [6.07, 6.45) is 1.36. The average molecular weight is 479 g/mol. The van der Waals surface area contributed by atoms with Crippen LogP contribution in [0.4, 0.5) is 10.5 Å². The van der Waals surface area contributed by atoms with E-state index in [1.807, 2.05) is 18.2 Å². The molecule has 0 spiro atoms. The van der Waals surface area contributed by atoms with E-state index in [1.54, 1.807) is 24.3 Å². The first-order valence-electron chi connectivity index (χ1n) is 10.1. The monoisotopic (exact) mass is 478 g/mol. The molecule has 172 valence electrons. The molecule has 8 nitrogen and oxygen atoms in total. The van der Waals surface area contributed by atoms with Crippen molar-refractivity contribution in [3.63, 3.8) is 0 Å². The van der Waals surface area contributed by atoms with Crippen LogP contribution in [0.15, 0.2) is 72.3 Å². The van der Waals surface area contributed by atoms with Gasteiger partial charge >= 0.3 is 6.03 Å². The second-order valence-electron chi connectivity index (χ2n) is 7.26. The standard InChI is InChI=1S/C25H19ClN2O6/c1-33-22-13-15(6-11-21(22)34-14-16-4-2-3-5-20(16)26)12-19-23(30)27-25(32)28(24(19)31)17-7-9-18(29)10-8-17/h2-13,29H,14H2,1H3,(H,27,30,32). The van der Waals surface area contributed by atoms with Crippen molar-refractivity contribution in [3.05, 3.63) is 88.5 Å². The number of ether oxygens (including phenoxy) is 2. The van der Waals surface area contributed by atoms with Gasteiger partial charge in [0.1, 0.15) is 17.9 Å². The highest BCUT2D eigenvalue weighted by atomic mass is 35.5. The summed E-state index contributed by atoms with van der Waals surface area (Å²) in [7, 11) is 1.47. The van der Waals surface area contributed by atoms with Crippen molar-refractivity contribution in [1.29, 1.82) is 0 Å². The number of imide groups is 2. The Kier molecular flexibility index (Phi) is 6.51. The summed E-state index contributed by atoms with van der Waals surface area (Å²) in [5, 5.41) is 12.2. The highest BCUT2D eigenvalue weighted by Crippen LogP contribution is 2.31. The Morgan fingerprint density at radius 3 is 2.44 bits per heavy atom. The zero-order valence-corrected chi connectivity index (χ0v) is 18.7. The van der Waals surface area contributed by atoms with Gasteiger partial charge in [0.15, 0.2) is 11.5 Å². The minimum absolute atomic E-state index is 0.0237. The third-order valence-electron chi connectivity index (χ3n) is 5.05. The van der Waals surface area contributed by atoms with Crippen molar-refractivity contribution >= 4 is 41.2 Å². The third-order valence-corrected chi connectivity index (χ3v) is 5.42. The van der Waals surface area contributed by atoms with Crippen LogP contribution < -0.4 is 19.7 Å². The Labute approximate surface area is 200 Å². The lowest BCUT2D eigenvalue weighted by atomic mass is 10.1. The number of halogens is 1. The molecule has 34 heavy (non-hydrogen) atoms. The molecule has 2 N–H and O–H groups in total. The minimum Gasteiger partial charge on any atom is -0.508 e. The first-order chi connectivity index (χ1) is 16.4. The number of hydrogen-bond acceptors (Lipinski definition) is 6. The van der Waals surface area contributed by atoms with Crippen LogP contribution in [0.2, 0.25) is 5.02 Å². The lowest BCUT2D eigenvalue weighted by molar-refractivity contribution is -0.122. The molecular weight excluding hydrogens is 460 g/mol. The number of phenols is 1. The van der Waals surface area contributed by atoms with E-state index < -0.39 is 17.8 Å². The van der Waals surface area contributed by atoms with Crippen LogP contribution in [-0.2, 0) is 16.2 Å². The Morgan fingerprint density at radius 2 is 1.74 bits per heavy atom. The largest absolute Gasteiger partial charge is 0.508 e. The number of urea groups is 1. The predicted molar refractivity (Wildman–Crippen MR) is 126 cm³/mol. The Morgan fingerprint density at radius 1 is 1.00 bits per heavy atom. The number of hydrogen-bond donors (Lipinski definition) is 2. The number of barbiturate groups is 1. The van der Waals surface area contributed by atoms with Crippen molar-refractivity contribution in [2.75, 3.05) is 12.0 Å².